The maximum absolute atomic E-state index is 12.2. The SMILES string of the molecule is CC(CCOC(=O)N1CCOCC1)CC(=O)NC(C#N)COCc1ccccc1. The summed E-state index contributed by atoms with van der Waals surface area (Å²) in [5.41, 5.74) is 1.01. The van der Waals surface area contributed by atoms with Gasteiger partial charge in [0.15, 0.2) is 0 Å². The van der Waals surface area contributed by atoms with Gasteiger partial charge >= 0.3 is 6.09 Å². The summed E-state index contributed by atoms with van der Waals surface area (Å²) in [5, 5.41) is 11.9. The van der Waals surface area contributed by atoms with Gasteiger partial charge in [-0.1, -0.05) is 37.3 Å². The molecule has 1 N–H and O–H groups in total. The van der Waals surface area contributed by atoms with E-state index in [0.29, 0.717) is 39.3 Å². The first kappa shape index (κ1) is 22.7. The number of hydrogen-bond acceptors (Lipinski definition) is 6. The number of morpholine rings is 1. The first-order valence-electron chi connectivity index (χ1n) is 9.88. The van der Waals surface area contributed by atoms with Gasteiger partial charge in [0.1, 0.15) is 6.04 Å². The Morgan fingerprint density at radius 2 is 2.00 bits per heavy atom. The molecule has 0 saturated carbocycles. The molecule has 0 spiro atoms. The second-order valence-electron chi connectivity index (χ2n) is 7.06. The highest BCUT2D eigenvalue weighted by molar-refractivity contribution is 5.76. The molecule has 1 aliphatic heterocycles. The minimum atomic E-state index is -0.697. The number of hydrogen-bond donors (Lipinski definition) is 1. The lowest BCUT2D eigenvalue weighted by Crippen LogP contribution is -2.41. The van der Waals surface area contributed by atoms with Gasteiger partial charge in [-0.3, -0.25) is 4.79 Å². The van der Waals surface area contributed by atoms with Gasteiger partial charge in [-0.25, -0.2) is 4.79 Å². The predicted molar refractivity (Wildman–Crippen MR) is 106 cm³/mol. The molecule has 1 heterocycles. The molecule has 1 aliphatic rings. The van der Waals surface area contributed by atoms with Crippen LogP contribution < -0.4 is 5.32 Å². The van der Waals surface area contributed by atoms with E-state index in [4.69, 9.17) is 14.2 Å². The topological polar surface area (TPSA) is 101 Å². The molecule has 8 heteroatoms. The zero-order chi connectivity index (χ0) is 20.9. The number of ether oxygens (including phenoxy) is 3. The molecule has 0 aliphatic carbocycles. The first-order chi connectivity index (χ1) is 14.1. The molecule has 8 nitrogen and oxygen atoms in total. The number of amides is 2. The Bertz CT molecular complexity index is 671. The Balaban J connectivity index is 1.59. The van der Waals surface area contributed by atoms with E-state index in [1.807, 2.05) is 43.3 Å². The molecule has 0 aromatic heterocycles. The quantitative estimate of drug-likeness (QED) is 0.642. The number of carbonyl (C=O) groups excluding carboxylic acids is 2. The highest BCUT2D eigenvalue weighted by Gasteiger charge is 2.19. The van der Waals surface area contributed by atoms with Gasteiger partial charge < -0.3 is 24.4 Å². The summed E-state index contributed by atoms with van der Waals surface area (Å²) in [7, 11) is 0. The van der Waals surface area contributed by atoms with Crippen LogP contribution in [-0.4, -0.2) is 62.5 Å². The number of rotatable bonds is 10. The van der Waals surface area contributed by atoms with Crippen molar-refractivity contribution in [2.75, 3.05) is 39.5 Å². The van der Waals surface area contributed by atoms with Gasteiger partial charge in [-0.05, 0) is 17.9 Å². The van der Waals surface area contributed by atoms with Crippen molar-refractivity contribution in [2.45, 2.75) is 32.4 Å². The molecule has 2 atom stereocenters. The molecule has 29 heavy (non-hydrogen) atoms. The van der Waals surface area contributed by atoms with Crippen molar-refractivity contribution in [2.24, 2.45) is 5.92 Å². The standard InChI is InChI=1S/C21H29N3O5/c1-17(7-10-29-21(26)24-8-11-27-12-9-24)13-20(25)23-19(14-22)16-28-15-18-5-3-2-4-6-18/h2-6,17,19H,7-13,15-16H2,1H3,(H,23,25). The van der Waals surface area contributed by atoms with Crippen LogP contribution in [0.1, 0.15) is 25.3 Å². The number of nitriles is 1. The van der Waals surface area contributed by atoms with Crippen molar-refractivity contribution in [1.82, 2.24) is 10.2 Å². The highest BCUT2D eigenvalue weighted by atomic mass is 16.6. The van der Waals surface area contributed by atoms with Crippen molar-refractivity contribution in [3.63, 3.8) is 0 Å². The third kappa shape index (κ3) is 8.94. The zero-order valence-electron chi connectivity index (χ0n) is 16.8. The molecular weight excluding hydrogens is 374 g/mol. The third-order valence-electron chi connectivity index (χ3n) is 4.53. The lowest BCUT2D eigenvalue weighted by atomic mass is 10.0. The Labute approximate surface area is 171 Å². The minimum Gasteiger partial charge on any atom is -0.449 e. The summed E-state index contributed by atoms with van der Waals surface area (Å²) in [6.45, 7) is 4.82. The van der Waals surface area contributed by atoms with Crippen molar-refractivity contribution in [1.29, 1.82) is 5.26 Å². The summed E-state index contributed by atoms with van der Waals surface area (Å²) < 4.78 is 16.0. The number of carbonyl (C=O) groups is 2. The molecule has 1 fully saturated rings. The van der Waals surface area contributed by atoms with Crippen LogP contribution in [0, 0.1) is 17.2 Å². The van der Waals surface area contributed by atoms with Crippen LogP contribution in [0.15, 0.2) is 30.3 Å². The van der Waals surface area contributed by atoms with E-state index < -0.39 is 6.04 Å². The van der Waals surface area contributed by atoms with Gasteiger partial charge in [0.25, 0.3) is 0 Å². The van der Waals surface area contributed by atoms with Gasteiger partial charge in [0.05, 0.1) is 39.1 Å². The Morgan fingerprint density at radius 1 is 1.28 bits per heavy atom. The van der Waals surface area contributed by atoms with Gasteiger partial charge in [0, 0.05) is 19.5 Å². The number of nitrogens with one attached hydrogen (secondary N) is 1. The molecule has 158 valence electrons. The van der Waals surface area contributed by atoms with Crippen molar-refractivity contribution >= 4 is 12.0 Å². The number of nitrogens with zero attached hydrogens (tertiary/aromatic N) is 2. The lowest BCUT2D eigenvalue weighted by molar-refractivity contribution is -0.122. The summed E-state index contributed by atoms with van der Waals surface area (Å²) in [4.78, 5) is 25.7. The average Bonchev–Trinajstić information content (AvgIpc) is 2.74. The smallest absolute Gasteiger partial charge is 0.409 e. The minimum absolute atomic E-state index is 0.0251. The van der Waals surface area contributed by atoms with E-state index >= 15 is 0 Å². The second-order valence-corrected chi connectivity index (χ2v) is 7.06. The monoisotopic (exact) mass is 403 g/mol. The Morgan fingerprint density at radius 3 is 2.69 bits per heavy atom. The molecule has 1 aromatic rings. The van der Waals surface area contributed by atoms with Gasteiger partial charge in [0.2, 0.25) is 5.91 Å². The molecule has 0 bridgehead atoms. The van der Waals surface area contributed by atoms with Crippen LogP contribution in [0.3, 0.4) is 0 Å². The van der Waals surface area contributed by atoms with E-state index in [2.05, 4.69) is 5.32 Å². The molecule has 2 unspecified atom stereocenters. The van der Waals surface area contributed by atoms with Crippen molar-refractivity contribution in [3.8, 4) is 6.07 Å². The molecular formula is C21H29N3O5. The summed E-state index contributed by atoms with van der Waals surface area (Å²) in [5.74, 6) is -0.191. The van der Waals surface area contributed by atoms with E-state index in [-0.39, 0.29) is 37.6 Å². The maximum atomic E-state index is 12.2. The normalized spacial score (nSPS) is 15.8. The fourth-order valence-electron chi connectivity index (χ4n) is 2.84. The van der Waals surface area contributed by atoms with Crippen LogP contribution in [0.25, 0.3) is 0 Å². The Hall–Kier alpha value is -2.63. The van der Waals surface area contributed by atoms with E-state index in [1.54, 1.807) is 4.90 Å². The zero-order valence-corrected chi connectivity index (χ0v) is 16.8. The van der Waals surface area contributed by atoms with Gasteiger partial charge in [-0.15, -0.1) is 0 Å². The highest BCUT2D eigenvalue weighted by Crippen LogP contribution is 2.09. The summed E-state index contributed by atoms with van der Waals surface area (Å²) in [6, 6.07) is 11.0. The van der Waals surface area contributed by atoms with Crippen molar-refractivity contribution < 1.29 is 23.8 Å². The fourth-order valence-corrected chi connectivity index (χ4v) is 2.84. The molecule has 2 amide bonds. The number of benzene rings is 1. The average molecular weight is 403 g/mol. The summed E-state index contributed by atoms with van der Waals surface area (Å²) in [6.07, 6.45) is 0.488. The summed E-state index contributed by atoms with van der Waals surface area (Å²) >= 11 is 0. The predicted octanol–water partition coefficient (Wildman–Crippen LogP) is 2.10. The molecule has 1 saturated heterocycles. The van der Waals surface area contributed by atoms with E-state index in [9.17, 15) is 14.9 Å². The lowest BCUT2D eigenvalue weighted by Gasteiger charge is -2.26. The van der Waals surface area contributed by atoms with Crippen LogP contribution in [-0.2, 0) is 25.6 Å². The molecule has 1 aromatic carbocycles. The molecule has 2 rings (SSSR count). The van der Waals surface area contributed by atoms with E-state index in [1.165, 1.54) is 0 Å². The fraction of sp³-hybridized carbons (Fsp3) is 0.571. The van der Waals surface area contributed by atoms with Crippen LogP contribution in [0.2, 0.25) is 0 Å². The van der Waals surface area contributed by atoms with E-state index in [0.717, 1.165) is 5.56 Å². The first-order valence-corrected chi connectivity index (χ1v) is 9.88. The van der Waals surface area contributed by atoms with Gasteiger partial charge in [-0.2, -0.15) is 5.26 Å². The van der Waals surface area contributed by atoms with Crippen LogP contribution >= 0.6 is 0 Å². The van der Waals surface area contributed by atoms with Crippen LogP contribution in [0.5, 0.6) is 0 Å². The molecule has 0 radical (unpaired) electrons. The maximum Gasteiger partial charge on any atom is 0.409 e. The second kappa shape index (κ2) is 12.8. The third-order valence-corrected chi connectivity index (χ3v) is 4.53. The Kier molecular flexibility index (Phi) is 9.96. The largest absolute Gasteiger partial charge is 0.449 e. The van der Waals surface area contributed by atoms with Crippen LogP contribution in [0.4, 0.5) is 4.79 Å². The van der Waals surface area contributed by atoms with Crippen molar-refractivity contribution in [3.05, 3.63) is 35.9 Å².